The molecule has 0 unspecified atom stereocenters. The number of carbonyl (C=O) groups excluding carboxylic acids is 1. The molecule has 14 heavy (non-hydrogen) atoms. The van der Waals surface area contributed by atoms with Crippen molar-refractivity contribution in [2.75, 3.05) is 6.54 Å². The summed E-state index contributed by atoms with van der Waals surface area (Å²) in [5, 5.41) is 2.95. The molecule has 0 spiro atoms. The van der Waals surface area contributed by atoms with Crippen LogP contribution in [0.2, 0.25) is 0 Å². The van der Waals surface area contributed by atoms with Gasteiger partial charge in [0, 0.05) is 6.54 Å². The summed E-state index contributed by atoms with van der Waals surface area (Å²) < 4.78 is 0. The maximum atomic E-state index is 11.5. The number of hydrogen-bond acceptors (Lipinski definition) is 2. The fourth-order valence-corrected chi connectivity index (χ4v) is 1.62. The minimum absolute atomic E-state index is 0.0293. The molecular formula is C11H22N2O. The first-order valence-corrected chi connectivity index (χ1v) is 5.47. The Morgan fingerprint density at radius 1 is 1.50 bits per heavy atom. The van der Waals surface area contributed by atoms with E-state index in [2.05, 4.69) is 26.1 Å². The average Bonchev–Trinajstić information content (AvgIpc) is 2.81. The maximum Gasteiger partial charge on any atom is 0.240 e. The molecule has 0 radical (unpaired) electrons. The molecule has 3 heteroatoms. The van der Waals surface area contributed by atoms with Crippen LogP contribution < -0.4 is 11.1 Å². The van der Waals surface area contributed by atoms with Crippen molar-refractivity contribution in [1.29, 1.82) is 0 Å². The van der Waals surface area contributed by atoms with Gasteiger partial charge in [-0.25, -0.2) is 0 Å². The zero-order valence-corrected chi connectivity index (χ0v) is 9.52. The van der Waals surface area contributed by atoms with Crippen LogP contribution >= 0.6 is 0 Å². The van der Waals surface area contributed by atoms with Crippen molar-refractivity contribution >= 4 is 5.91 Å². The van der Waals surface area contributed by atoms with Gasteiger partial charge in [-0.05, 0) is 24.7 Å². The van der Waals surface area contributed by atoms with Crippen molar-refractivity contribution in [2.45, 2.75) is 52.0 Å². The van der Waals surface area contributed by atoms with Crippen molar-refractivity contribution in [3.63, 3.8) is 0 Å². The molecule has 1 amide bonds. The highest BCUT2D eigenvalue weighted by Crippen LogP contribution is 2.32. The molecular weight excluding hydrogens is 176 g/mol. The highest BCUT2D eigenvalue weighted by molar-refractivity contribution is 5.88. The smallest absolute Gasteiger partial charge is 0.240 e. The van der Waals surface area contributed by atoms with E-state index in [-0.39, 0.29) is 11.3 Å². The summed E-state index contributed by atoms with van der Waals surface area (Å²) in [6.45, 7) is 7.24. The molecule has 0 atom stereocenters. The molecule has 1 aliphatic rings. The zero-order chi connectivity index (χ0) is 10.8. The molecule has 0 aliphatic heterocycles. The molecule has 0 aromatic heterocycles. The van der Waals surface area contributed by atoms with Crippen LogP contribution in [0, 0.1) is 5.41 Å². The topological polar surface area (TPSA) is 55.1 Å². The van der Waals surface area contributed by atoms with Gasteiger partial charge in [0.05, 0.1) is 5.54 Å². The Labute approximate surface area is 86.4 Å². The first kappa shape index (κ1) is 11.5. The van der Waals surface area contributed by atoms with E-state index in [1.54, 1.807) is 0 Å². The second-order valence-corrected chi connectivity index (χ2v) is 5.25. The summed E-state index contributed by atoms with van der Waals surface area (Å²) in [5.41, 5.74) is 5.45. The molecule has 0 bridgehead atoms. The number of carbonyl (C=O) groups is 1. The zero-order valence-electron chi connectivity index (χ0n) is 9.52. The molecule has 0 heterocycles. The average molecular weight is 198 g/mol. The van der Waals surface area contributed by atoms with Gasteiger partial charge >= 0.3 is 0 Å². The van der Waals surface area contributed by atoms with Crippen LogP contribution in [0.3, 0.4) is 0 Å². The number of nitrogens with two attached hydrogens (primary N) is 1. The Bertz CT molecular complexity index is 219. The quantitative estimate of drug-likeness (QED) is 0.702. The van der Waals surface area contributed by atoms with E-state index in [9.17, 15) is 4.79 Å². The molecule has 3 nitrogen and oxygen atoms in total. The molecule has 0 aromatic rings. The summed E-state index contributed by atoms with van der Waals surface area (Å²) in [6, 6.07) is 0. The van der Waals surface area contributed by atoms with E-state index in [0.29, 0.717) is 0 Å². The highest BCUT2D eigenvalue weighted by atomic mass is 16.2. The van der Waals surface area contributed by atoms with E-state index in [0.717, 1.165) is 32.2 Å². The van der Waals surface area contributed by atoms with Gasteiger partial charge in [-0.1, -0.05) is 27.2 Å². The molecule has 1 fully saturated rings. The van der Waals surface area contributed by atoms with Crippen LogP contribution in [0.25, 0.3) is 0 Å². The van der Waals surface area contributed by atoms with E-state index in [1.165, 1.54) is 0 Å². The molecule has 3 N–H and O–H groups in total. The summed E-state index contributed by atoms with van der Waals surface area (Å²) in [7, 11) is 0. The van der Waals surface area contributed by atoms with Gasteiger partial charge in [0.15, 0.2) is 0 Å². The second-order valence-electron chi connectivity index (χ2n) is 5.25. The van der Waals surface area contributed by atoms with Gasteiger partial charge in [0.25, 0.3) is 0 Å². The lowest BCUT2D eigenvalue weighted by Crippen LogP contribution is -2.45. The molecule has 1 aliphatic carbocycles. The third kappa shape index (κ3) is 2.98. The fourth-order valence-electron chi connectivity index (χ4n) is 1.62. The molecule has 82 valence electrons. The van der Waals surface area contributed by atoms with Crippen molar-refractivity contribution in [2.24, 2.45) is 11.1 Å². The number of hydrogen-bond donors (Lipinski definition) is 2. The van der Waals surface area contributed by atoms with E-state index >= 15 is 0 Å². The molecule has 1 saturated carbocycles. The van der Waals surface area contributed by atoms with Crippen molar-refractivity contribution in [3.05, 3.63) is 0 Å². The lowest BCUT2D eigenvalue weighted by molar-refractivity contribution is -0.123. The predicted octanol–water partition coefficient (Wildman–Crippen LogP) is 1.42. The van der Waals surface area contributed by atoms with Gasteiger partial charge in [-0.3, -0.25) is 4.79 Å². The summed E-state index contributed by atoms with van der Waals surface area (Å²) in [4.78, 5) is 11.5. The summed E-state index contributed by atoms with van der Waals surface area (Å²) in [5.74, 6) is 0.0293. The van der Waals surface area contributed by atoms with Gasteiger partial charge in [-0.15, -0.1) is 0 Å². The van der Waals surface area contributed by atoms with Crippen molar-refractivity contribution in [1.82, 2.24) is 5.32 Å². The van der Waals surface area contributed by atoms with Gasteiger partial charge < -0.3 is 11.1 Å². The molecule has 0 aromatic carbocycles. The Hall–Kier alpha value is -0.570. The van der Waals surface area contributed by atoms with Crippen LogP contribution in [0.4, 0.5) is 0 Å². The molecule has 0 saturated heterocycles. The Kier molecular flexibility index (Phi) is 3.20. The minimum atomic E-state index is -0.526. The van der Waals surface area contributed by atoms with E-state index in [1.807, 2.05) is 0 Å². The third-order valence-electron chi connectivity index (χ3n) is 2.90. The fraction of sp³-hybridized carbons (Fsp3) is 0.909. The van der Waals surface area contributed by atoms with Crippen molar-refractivity contribution in [3.8, 4) is 0 Å². The summed E-state index contributed by atoms with van der Waals surface area (Å²) in [6.07, 6.45) is 3.96. The monoisotopic (exact) mass is 198 g/mol. The highest BCUT2D eigenvalue weighted by Gasteiger charge is 2.45. The Balaban J connectivity index is 2.29. The van der Waals surface area contributed by atoms with Crippen LogP contribution in [-0.2, 0) is 4.79 Å². The van der Waals surface area contributed by atoms with Gasteiger partial charge in [-0.2, -0.15) is 0 Å². The number of amides is 1. The third-order valence-corrected chi connectivity index (χ3v) is 2.90. The minimum Gasteiger partial charge on any atom is -0.354 e. The van der Waals surface area contributed by atoms with Gasteiger partial charge in [0.1, 0.15) is 0 Å². The second kappa shape index (κ2) is 3.89. The Morgan fingerprint density at radius 3 is 2.50 bits per heavy atom. The summed E-state index contributed by atoms with van der Waals surface area (Å²) >= 11 is 0. The molecule has 1 rings (SSSR count). The number of rotatable bonds is 5. The van der Waals surface area contributed by atoms with Crippen molar-refractivity contribution < 1.29 is 4.79 Å². The van der Waals surface area contributed by atoms with Gasteiger partial charge in [0.2, 0.25) is 5.91 Å². The van der Waals surface area contributed by atoms with E-state index in [4.69, 9.17) is 5.73 Å². The largest absolute Gasteiger partial charge is 0.354 e. The normalized spacial score (nSPS) is 19.1. The lowest BCUT2D eigenvalue weighted by atomic mass is 9.88. The van der Waals surface area contributed by atoms with Crippen LogP contribution in [0.15, 0.2) is 0 Å². The number of nitrogens with one attached hydrogen (secondary N) is 1. The standard InChI is InChI=1S/C11H22N2O/c1-4-5-10(2,3)8-13-9(14)11(12)6-7-11/h4-8,12H2,1-3H3,(H,13,14). The van der Waals surface area contributed by atoms with Crippen LogP contribution in [0.1, 0.15) is 46.5 Å². The lowest BCUT2D eigenvalue weighted by Gasteiger charge is -2.25. The first-order valence-electron chi connectivity index (χ1n) is 5.47. The Morgan fingerprint density at radius 2 is 2.07 bits per heavy atom. The van der Waals surface area contributed by atoms with Crippen LogP contribution in [0.5, 0.6) is 0 Å². The maximum absolute atomic E-state index is 11.5. The van der Waals surface area contributed by atoms with Crippen LogP contribution in [-0.4, -0.2) is 18.0 Å². The predicted molar refractivity (Wildman–Crippen MR) is 57.9 cm³/mol. The van der Waals surface area contributed by atoms with E-state index < -0.39 is 5.54 Å². The SMILES string of the molecule is CCCC(C)(C)CNC(=O)C1(N)CC1. The first-order chi connectivity index (χ1) is 6.40.